The molecule has 184 valence electrons. The van der Waals surface area contributed by atoms with Gasteiger partial charge in [-0.15, -0.1) is 0 Å². The van der Waals surface area contributed by atoms with Crippen LogP contribution in [0.4, 0.5) is 8.78 Å². The van der Waals surface area contributed by atoms with Crippen molar-refractivity contribution < 1.29 is 21.9 Å². The smallest absolute Gasteiger partial charge is 0.251 e. The average molecular weight is 501 g/mol. The Labute approximate surface area is 203 Å². The van der Waals surface area contributed by atoms with Gasteiger partial charge in [0.2, 0.25) is 10.0 Å². The van der Waals surface area contributed by atoms with Crippen molar-refractivity contribution in [1.82, 2.24) is 13.9 Å². The van der Waals surface area contributed by atoms with Crippen molar-refractivity contribution in [3.63, 3.8) is 0 Å². The summed E-state index contributed by atoms with van der Waals surface area (Å²) in [5.74, 6) is -2.13. The molecule has 2 fully saturated rings. The first-order valence-corrected chi connectivity index (χ1v) is 13.0. The summed E-state index contributed by atoms with van der Waals surface area (Å²) in [6.07, 6.45) is 4.41. The van der Waals surface area contributed by atoms with Crippen LogP contribution in [0, 0.1) is 11.3 Å². The number of benzene rings is 1. The van der Waals surface area contributed by atoms with Crippen LogP contribution < -0.4 is 4.74 Å². The molecule has 2 aromatic heterocycles. The van der Waals surface area contributed by atoms with E-state index in [-0.39, 0.29) is 10.9 Å². The monoisotopic (exact) mass is 500 g/mol. The van der Waals surface area contributed by atoms with Crippen molar-refractivity contribution in [3.05, 3.63) is 42.1 Å². The quantitative estimate of drug-likeness (QED) is 0.469. The van der Waals surface area contributed by atoms with Gasteiger partial charge in [-0.25, -0.2) is 17.2 Å². The van der Waals surface area contributed by atoms with Gasteiger partial charge in [0.25, 0.3) is 5.92 Å². The molecule has 0 N–H and O–H groups in total. The van der Waals surface area contributed by atoms with Gasteiger partial charge < -0.3 is 9.30 Å². The number of sulfonamides is 1. The third-order valence-corrected chi connectivity index (χ3v) is 9.15. The number of nitrogens with zero attached hydrogens (tertiary/aromatic N) is 4. The summed E-state index contributed by atoms with van der Waals surface area (Å²) in [5, 5.41) is 10.9. The largest absolute Gasteiger partial charge is 0.497 e. The summed E-state index contributed by atoms with van der Waals surface area (Å²) in [5.41, 5.74) is 2.50. The number of rotatable bonds is 6. The molecule has 0 unspecified atom stereocenters. The van der Waals surface area contributed by atoms with Crippen LogP contribution in [0.25, 0.3) is 22.3 Å². The zero-order chi connectivity index (χ0) is 25.0. The van der Waals surface area contributed by atoms with Crippen molar-refractivity contribution in [1.29, 1.82) is 5.26 Å². The van der Waals surface area contributed by atoms with E-state index in [0.29, 0.717) is 22.7 Å². The van der Waals surface area contributed by atoms with Crippen molar-refractivity contribution in [2.45, 2.75) is 61.4 Å². The Morgan fingerprint density at radius 3 is 2.49 bits per heavy atom. The number of hydrogen-bond donors (Lipinski definition) is 0. The molecule has 2 saturated carbocycles. The Kier molecular flexibility index (Phi) is 5.80. The van der Waals surface area contributed by atoms with E-state index in [2.05, 4.69) is 15.6 Å². The van der Waals surface area contributed by atoms with Gasteiger partial charge in [-0.05, 0) is 37.1 Å². The molecular formula is C25H26F2N4O3S. The number of ether oxygens (including phenoxy) is 1. The normalized spacial score (nSPS) is 18.6. The molecule has 35 heavy (non-hydrogen) atoms. The number of nitriles is 1. The first-order valence-electron chi connectivity index (χ1n) is 11.6. The lowest BCUT2D eigenvalue weighted by Gasteiger charge is -2.39. The summed E-state index contributed by atoms with van der Waals surface area (Å²) in [7, 11) is -1.06. The van der Waals surface area contributed by atoms with Crippen molar-refractivity contribution in [3.8, 4) is 23.2 Å². The highest BCUT2D eigenvalue weighted by molar-refractivity contribution is 7.89. The molecule has 0 spiro atoms. The van der Waals surface area contributed by atoms with Gasteiger partial charge in [0, 0.05) is 49.6 Å². The minimum absolute atomic E-state index is 0.0670. The molecule has 2 aliphatic rings. The highest BCUT2D eigenvalue weighted by Gasteiger charge is 2.49. The summed E-state index contributed by atoms with van der Waals surface area (Å²) >= 11 is 0. The number of alkyl halides is 2. The number of fused-ring (bicyclic) bond motifs is 1. The minimum Gasteiger partial charge on any atom is -0.497 e. The molecular weight excluding hydrogens is 474 g/mol. The molecule has 0 atom stereocenters. The van der Waals surface area contributed by atoms with Crippen LogP contribution in [0.3, 0.4) is 0 Å². The standard InChI is InChI=1S/C25H26F2N4O3S/c1-30(17-12-25(26,27)13-17)35(32,33)19-8-10-22(29-15-19)24-21(14-28)20-9-7-18(34-2)11-23(20)31(24)16-5-3-4-6-16/h7-11,15-17H,3-6,12-13H2,1-2H3. The molecule has 0 amide bonds. The first-order chi connectivity index (χ1) is 16.7. The Hall–Kier alpha value is -3.03. The zero-order valence-electron chi connectivity index (χ0n) is 19.5. The number of pyridine rings is 1. The highest BCUT2D eigenvalue weighted by Crippen LogP contribution is 2.43. The molecule has 0 bridgehead atoms. The van der Waals surface area contributed by atoms with Crippen molar-refractivity contribution in [2.75, 3.05) is 14.2 Å². The molecule has 3 aromatic rings. The molecule has 1 aromatic carbocycles. The maximum absolute atomic E-state index is 13.3. The Morgan fingerprint density at radius 1 is 1.20 bits per heavy atom. The van der Waals surface area contributed by atoms with Gasteiger partial charge in [-0.2, -0.15) is 9.57 Å². The van der Waals surface area contributed by atoms with E-state index in [1.54, 1.807) is 13.2 Å². The lowest BCUT2D eigenvalue weighted by Crippen LogP contribution is -2.51. The zero-order valence-corrected chi connectivity index (χ0v) is 20.4. The number of methoxy groups -OCH3 is 1. The van der Waals surface area contributed by atoms with Gasteiger partial charge in [-0.1, -0.05) is 12.8 Å². The van der Waals surface area contributed by atoms with Crippen LogP contribution in [0.15, 0.2) is 41.4 Å². The fourth-order valence-corrected chi connectivity index (χ4v) is 6.55. The second-order valence-electron chi connectivity index (χ2n) is 9.35. The predicted molar refractivity (Wildman–Crippen MR) is 127 cm³/mol. The third-order valence-electron chi connectivity index (χ3n) is 7.25. The van der Waals surface area contributed by atoms with Crippen LogP contribution >= 0.6 is 0 Å². The van der Waals surface area contributed by atoms with Crippen molar-refractivity contribution in [2.24, 2.45) is 0 Å². The van der Waals surface area contributed by atoms with E-state index in [1.807, 2.05) is 18.2 Å². The van der Waals surface area contributed by atoms with Crippen LogP contribution in [0.2, 0.25) is 0 Å². The summed E-state index contributed by atoms with van der Waals surface area (Å²) in [6, 6.07) is 10.4. The minimum atomic E-state index is -3.97. The number of aromatic nitrogens is 2. The van der Waals surface area contributed by atoms with E-state index in [4.69, 9.17) is 4.74 Å². The van der Waals surface area contributed by atoms with Gasteiger partial charge in [0.1, 0.15) is 16.7 Å². The molecule has 0 aliphatic heterocycles. The molecule has 7 nitrogen and oxygen atoms in total. The summed E-state index contributed by atoms with van der Waals surface area (Å²) in [6.45, 7) is 0. The van der Waals surface area contributed by atoms with Gasteiger partial charge in [-0.3, -0.25) is 4.98 Å². The first kappa shape index (κ1) is 23.7. The topological polar surface area (TPSA) is 88.2 Å². The van der Waals surface area contributed by atoms with E-state index in [0.717, 1.165) is 40.9 Å². The Balaban J connectivity index is 1.58. The lowest BCUT2D eigenvalue weighted by atomic mass is 9.88. The fraction of sp³-hybridized carbons (Fsp3) is 0.440. The van der Waals surface area contributed by atoms with Crippen molar-refractivity contribution >= 4 is 20.9 Å². The Morgan fingerprint density at radius 2 is 1.91 bits per heavy atom. The fourth-order valence-electron chi connectivity index (χ4n) is 5.25. The van der Waals surface area contributed by atoms with E-state index >= 15 is 0 Å². The van der Waals surface area contributed by atoms with Crippen LogP contribution in [-0.2, 0) is 10.0 Å². The molecule has 10 heteroatoms. The Bertz CT molecular complexity index is 1410. The maximum atomic E-state index is 13.3. The van der Waals surface area contributed by atoms with E-state index in [9.17, 15) is 22.5 Å². The second kappa shape index (κ2) is 8.57. The van der Waals surface area contributed by atoms with E-state index < -0.39 is 34.8 Å². The predicted octanol–water partition coefficient (Wildman–Crippen LogP) is 5.12. The highest BCUT2D eigenvalue weighted by atomic mass is 32.2. The second-order valence-corrected chi connectivity index (χ2v) is 11.3. The van der Waals surface area contributed by atoms with Crippen LogP contribution in [0.5, 0.6) is 5.75 Å². The van der Waals surface area contributed by atoms with Gasteiger partial charge in [0.05, 0.1) is 29.6 Å². The maximum Gasteiger partial charge on any atom is 0.251 e. The third kappa shape index (κ3) is 3.96. The molecule has 2 heterocycles. The summed E-state index contributed by atoms with van der Waals surface area (Å²) in [4.78, 5) is 4.38. The number of halogens is 2. The van der Waals surface area contributed by atoms with E-state index in [1.165, 1.54) is 19.3 Å². The average Bonchev–Trinajstić information content (AvgIpc) is 3.47. The molecule has 2 aliphatic carbocycles. The molecule has 0 radical (unpaired) electrons. The van der Waals surface area contributed by atoms with Gasteiger partial charge in [0.15, 0.2) is 0 Å². The lowest BCUT2D eigenvalue weighted by molar-refractivity contribution is -0.106. The number of hydrogen-bond acceptors (Lipinski definition) is 5. The van der Waals surface area contributed by atoms with Gasteiger partial charge >= 0.3 is 0 Å². The molecule has 0 saturated heterocycles. The SMILES string of the molecule is COc1ccc2c(C#N)c(-c3ccc(S(=O)(=O)N(C)C4CC(F)(F)C4)cn3)n(C3CCCC3)c2c1. The summed E-state index contributed by atoms with van der Waals surface area (Å²) < 4.78 is 61.1. The van der Waals surface area contributed by atoms with Crippen LogP contribution in [0.1, 0.15) is 50.1 Å². The molecule has 5 rings (SSSR count). The van der Waals surface area contributed by atoms with Crippen LogP contribution in [-0.4, -0.2) is 48.4 Å².